The topological polar surface area (TPSA) is 64.5 Å². The first kappa shape index (κ1) is 16.4. The van der Waals surface area contributed by atoms with Crippen molar-refractivity contribution in [3.05, 3.63) is 11.9 Å². The van der Waals surface area contributed by atoms with Gasteiger partial charge in [-0.1, -0.05) is 13.8 Å². The SMILES string of the molecule is CCC(CC)(C(=O)c1ncc(OC)nc1OC)N(C)C. The van der Waals surface area contributed by atoms with E-state index in [4.69, 9.17) is 9.47 Å². The van der Waals surface area contributed by atoms with Gasteiger partial charge < -0.3 is 9.47 Å². The van der Waals surface area contributed by atoms with Gasteiger partial charge in [-0.15, -0.1) is 0 Å². The van der Waals surface area contributed by atoms with Crippen LogP contribution >= 0.6 is 0 Å². The zero-order chi connectivity index (χ0) is 15.3. The highest BCUT2D eigenvalue weighted by Gasteiger charge is 2.40. The second-order valence-electron chi connectivity index (χ2n) is 4.73. The number of carbonyl (C=O) groups excluding carboxylic acids is 1. The monoisotopic (exact) mass is 281 g/mol. The van der Waals surface area contributed by atoms with E-state index in [-0.39, 0.29) is 17.4 Å². The Balaban J connectivity index is 3.32. The minimum atomic E-state index is -0.601. The maximum atomic E-state index is 12.9. The molecule has 6 heteroatoms. The molecule has 0 atom stereocenters. The van der Waals surface area contributed by atoms with Crippen molar-refractivity contribution < 1.29 is 14.3 Å². The van der Waals surface area contributed by atoms with E-state index in [0.717, 1.165) is 0 Å². The second kappa shape index (κ2) is 6.65. The Morgan fingerprint density at radius 2 is 1.85 bits per heavy atom. The van der Waals surface area contributed by atoms with Crippen LogP contribution in [-0.4, -0.2) is 54.5 Å². The number of hydrogen-bond donors (Lipinski definition) is 0. The van der Waals surface area contributed by atoms with Crippen molar-refractivity contribution in [2.24, 2.45) is 0 Å². The Labute approximate surface area is 120 Å². The summed E-state index contributed by atoms with van der Waals surface area (Å²) in [5.41, 5.74) is -0.359. The van der Waals surface area contributed by atoms with E-state index in [1.807, 2.05) is 32.8 Å². The summed E-state index contributed by atoms with van der Waals surface area (Å²) >= 11 is 0. The lowest BCUT2D eigenvalue weighted by atomic mass is 9.85. The number of aromatic nitrogens is 2. The molecule has 112 valence electrons. The summed E-state index contributed by atoms with van der Waals surface area (Å²) in [5.74, 6) is 0.434. The summed E-state index contributed by atoms with van der Waals surface area (Å²) in [6, 6.07) is 0. The maximum Gasteiger partial charge on any atom is 0.246 e. The predicted molar refractivity (Wildman–Crippen MR) is 76.5 cm³/mol. The number of methoxy groups -OCH3 is 2. The second-order valence-corrected chi connectivity index (χ2v) is 4.73. The van der Waals surface area contributed by atoms with E-state index in [9.17, 15) is 4.79 Å². The standard InChI is InChI=1S/C14H23N3O3/c1-7-14(8-2,17(3)4)12(18)11-13(20-6)16-10(19-5)9-15-11/h9H,7-8H2,1-6H3. The minimum absolute atomic E-state index is 0.0838. The highest BCUT2D eigenvalue weighted by Crippen LogP contribution is 2.29. The molecule has 0 amide bonds. The highest BCUT2D eigenvalue weighted by molar-refractivity contribution is 6.03. The van der Waals surface area contributed by atoms with Crippen LogP contribution in [0.25, 0.3) is 0 Å². The van der Waals surface area contributed by atoms with Crippen molar-refractivity contribution in [1.29, 1.82) is 0 Å². The smallest absolute Gasteiger partial charge is 0.246 e. The fraction of sp³-hybridized carbons (Fsp3) is 0.643. The molecule has 0 saturated carbocycles. The van der Waals surface area contributed by atoms with Gasteiger partial charge >= 0.3 is 0 Å². The van der Waals surface area contributed by atoms with Gasteiger partial charge in [-0.3, -0.25) is 9.69 Å². The molecule has 20 heavy (non-hydrogen) atoms. The number of Topliss-reactive ketones (excluding diaryl/α,β-unsaturated/α-hetero) is 1. The number of likely N-dealkylation sites (N-methyl/N-ethyl adjacent to an activating group) is 1. The van der Waals surface area contributed by atoms with Crippen LogP contribution in [-0.2, 0) is 0 Å². The molecular formula is C14H23N3O3. The Kier molecular flexibility index (Phi) is 5.44. The fourth-order valence-electron chi connectivity index (χ4n) is 2.38. The van der Waals surface area contributed by atoms with Crippen LogP contribution in [0.5, 0.6) is 11.8 Å². The van der Waals surface area contributed by atoms with Gasteiger partial charge in [0.2, 0.25) is 17.5 Å². The quantitative estimate of drug-likeness (QED) is 0.710. The van der Waals surface area contributed by atoms with Gasteiger partial charge in [0.25, 0.3) is 0 Å². The molecule has 0 bridgehead atoms. The molecule has 0 aromatic carbocycles. The van der Waals surface area contributed by atoms with Crippen molar-refractivity contribution in [3.8, 4) is 11.8 Å². The van der Waals surface area contributed by atoms with E-state index in [1.165, 1.54) is 20.4 Å². The zero-order valence-corrected chi connectivity index (χ0v) is 13.1. The van der Waals surface area contributed by atoms with Crippen LogP contribution in [0.15, 0.2) is 6.20 Å². The van der Waals surface area contributed by atoms with E-state index >= 15 is 0 Å². The molecule has 1 aromatic rings. The lowest BCUT2D eigenvalue weighted by Crippen LogP contribution is -2.50. The van der Waals surface area contributed by atoms with Crippen LogP contribution in [0.2, 0.25) is 0 Å². The Morgan fingerprint density at radius 3 is 2.25 bits per heavy atom. The van der Waals surface area contributed by atoms with Gasteiger partial charge in [0, 0.05) is 0 Å². The highest BCUT2D eigenvalue weighted by atomic mass is 16.5. The summed E-state index contributed by atoms with van der Waals surface area (Å²) in [7, 11) is 6.76. The maximum absolute atomic E-state index is 12.9. The van der Waals surface area contributed by atoms with E-state index in [1.54, 1.807) is 0 Å². The largest absolute Gasteiger partial charge is 0.480 e. The molecule has 0 fully saturated rings. The predicted octanol–water partition coefficient (Wildman–Crippen LogP) is 1.80. The first-order valence-corrected chi connectivity index (χ1v) is 6.64. The van der Waals surface area contributed by atoms with Gasteiger partial charge in [-0.2, -0.15) is 4.98 Å². The van der Waals surface area contributed by atoms with Gasteiger partial charge in [0.1, 0.15) is 0 Å². The van der Waals surface area contributed by atoms with Crippen molar-refractivity contribution >= 4 is 5.78 Å². The molecule has 0 aliphatic carbocycles. The summed E-state index contributed by atoms with van der Waals surface area (Å²) in [6.07, 6.45) is 2.81. The third-order valence-corrected chi connectivity index (χ3v) is 3.78. The normalized spacial score (nSPS) is 11.6. The molecule has 0 saturated heterocycles. The van der Waals surface area contributed by atoms with Gasteiger partial charge in [0.05, 0.1) is 26.0 Å². The number of ketones is 1. The van der Waals surface area contributed by atoms with E-state index in [0.29, 0.717) is 18.7 Å². The molecule has 0 spiro atoms. The number of ether oxygens (including phenoxy) is 2. The van der Waals surface area contributed by atoms with Crippen LogP contribution in [0.1, 0.15) is 37.2 Å². The van der Waals surface area contributed by atoms with Gasteiger partial charge in [0.15, 0.2) is 5.69 Å². The lowest BCUT2D eigenvalue weighted by molar-refractivity contribution is 0.0646. The first-order valence-electron chi connectivity index (χ1n) is 6.64. The Morgan fingerprint density at radius 1 is 1.25 bits per heavy atom. The minimum Gasteiger partial charge on any atom is -0.480 e. The number of hydrogen-bond acceptors (Lipinski definition) is 6. The number of rotatable bonds is 7. The third-order valence-electron chi connectivity index (χ3n) is 3.78. The summed E-state index contributed by atoms with van der Waals surface area (Å²) < 4.78 is 10.2. The Bertz CT molecular complexity index is 471. The van der Waals surface area contributed by atoms with E-state index < -0.39 is 5.54 Å². The van der Waals surface area contributed by atoms with Gasteiger partial charge in [-0.05, 0) is 26.9 Å². The fourth-order valence-corrected chi connectivity index (χ4v) is 2.38. The van der Waals surface area contributed by atoms with Crippen LogP contribution in [0.4, 0.5) is 0 Å². The summed E-state index contributed by atoms with van der Waals surface area (Å²) in [4.78, 5) is 23.1. The number of carbonyl (C=O) groups is 1. The van der Waals surface area contributed by atoms with Crippen molar-refractivity contribution in [2.75, 3.05) is 28.3 Å². The molecule has 6 nitrogen and oxygen atoms in total. The molecule has 0 radical (unpaired) electrons. The third kappa shape index (κ3) is 2.75. The molecule has 0 aliphatic rings. The molecule has 0 unspecified atom stereocenters. The molecular weight excluding hydrogens is 258 g/mol. The average molecular weight is 281 g/mol. The van der Waals surface area contributed by atoms with Crippen molar-refractivity contribution in [1.82, 2.24) is 14.9 Å². The first-order chi connectivity index (χ1) is 9.46. The summed E-state index contributed by atoms with van der Waals surface area (Å²) in [5, 5.41) is 0. The van der Waals surface area contributed by atoms with Crippen LogP contribution in [0, 0.1) is 0 Å². The zero-order valence-electron chi connectivity index (χ0n) is 13.1. The van der Waals surface area contributed by atoms with Crippen LogP contribution < -0.4 is 9.47 Å². The molecule has 1 heterocycles. The van der Waals surface area contributed by atoms with Crippen LogP contribution in [0.3, 0.4) is 0 Å². The summed E-state index contributed by atoms with van der Waals surface area (Å²) in [6.45, 7) is 3.98. The van der Waals surface area contributed by atoms with Crippen molar-refractivity contribution in [3.63, 3.8) is 0 Å². The lowest BCUT2D eigenvalue weighted by Gasteiger charge is -2.36. The molecule has 0 aliphatic heterocycles. The number of nitrogens with zero attached hydrogens (tertiary/aromatic N) is 3. The van der Waals surface area contributed by atoms with Gasteiger partial charge in [-0.25, -0.2) is 4.98 Å². The Hall–Kier alpha value is -1.69. The molecule has 1 rings (SSSR count). The molecule has 0 N–H and O–H groups in total. The molecule has 1 aromatic heterocycles. The average Bonchev–Trinajstić information content (AvgIpc) is 2.47. The van der Waals surface area contributed by atoms with E-state index in [2.05, 4.69) is 9.97 Å². The van der Waals surface area contributed by atoms with Crippen molar-refractivity contribution in [2.45, 2.75) is 32.2 Å².